The first-order valence-corrected chi connectivity index (χ1v) is 19.2. The van der Waals surface area contributed by atoms with Gasteiger partial charge in [-0.05, 0) is 77.4 Å². The molecule has 0 bridgehead atoms. The van der Waals surface area contributed by atoms with Crippen LogP contribution in [0.3, 0.4) is 0 Å². The maximum absolute atomic E-state index is 12.7. The Morgan fingerprint density at radius 3 is 2.10 bits per heavy atom. The molecular formula is C37H39N5NaO6S2. The van der Waals surface area contributed by atoms with Crippen LogP contribution >= 0.6 is 0 Å². The van der Waals surface area contributed by atoms with Gasteiger partial charge in [0.15, 0.2) is 0 Å². The fourth-order valence-electron chi connectivity index (χ4n) is 6.76. The summed E-state index contributed by atoms with van der Waals surface area (Å²) in [6.07, 6.45) is 0. The third-order valence-electron chi connectivity index (χ3n) is 9.11. The molecule has 6 aromatic rings. The Bertz CT molecular complexity index is 2560. The van der Waals surface area contributed by atoms with Gasteiger partial charge in [0, 0.05) is 94.6 Å². The number of aryl methyl sites for hydroxylation is 2. The summed E-state index contributed by atoms with van der Waals surface area (Å²) in [5, 5.41) is 7.92. The smallest absolute Gasteiger partial charge is 0.296 e. The molecule has 0 spiro atoms. The van der Waals surface area contributed by atoms with Gasteiger partial charge in [-0.15, -0.1) is 4.57 Å². The van der Waals surface area contributed by atoms with E-state index in [1.165, 1.54) is 12.1 Å². The molecule has 0 atom stereocenters. The van der Waals surface area contributed by atoms with E-state index in [0.717, 1.165) is 40.7 Å². The Kier molecular flexibility index (Phi) is 11.0. The van der Waals surface area contributed by atoms with E-state index in [9.17, 15) is 25.9 Å². The number of anilines is 4. The first-order chi connectivity index (χ1) is 23.7. The number of hydrogen-bond donors (Lipinski definition) is 3. The van der Waals surface area contributed by atoms with Gasteiger partial charge in [0.25, 0.3) is 10.1 Å². The summed E-state index contributed by atoms with van der Waals surface area (Å²) < 4.78 is 75.0. The molecule has 6 rings (SSSR count). The molecule has 14 heteroatoms. The molecule has 5 aromatic carbocycles. The van der Waals surface area contributed by atoms with Crippen molar-refractivity contribution in [3.63, 3.8) is 0 Å². The van der Waals surface area contributed by atoms with Crippen molar-refractivity contribution in [2.24, 2.45) is 0 Å². The maximum atomic E-state index is 12.7. The van der Waals surface area contributed by atoms with Gasteiger partial charge in [-0.2, -0.15) is 8.42 Å². The number of nitrogens with one attached hydrogen (secondary N) is 2. The van der Waals surface area contributed by atoms with Gasteiger partial charge in [-0.25, -0.2) is 13.4 Å². The van der Waals surface area contributed by atoms with Crippen LogP contribution < -0.4 is 20.1 Å². The number of nitrogens with zero attached hydrogens (tertiary/aromatic N) is 3. The molecule has 0 aliphatic heterocycles. The van der Waals surface area contributed by atoms with Crippen LogP contribution in [-0.4, -0.2) is 80.1 Å². The van der Waals surface area contributed by atoms with E-state index in [-0.39, 0.29) is 50.6 Å². The van der Waals surface area contributed by atoms with Crippen LogP contribution in [0.15, 0.2) is 82.6 Å². The molecule has 0 aliphatic carbocycles. The van der Waals surface area contributed by atoms with E-state index < -0.39 is 20.2 Å². The van der Waals surface area contributed by atoms with Crippen LogP contribution in [0.25, 0.3) is 38.5 Å². The van der Waals surface area contributed by atoms with Crippen LogP contribution in [0.2, 0.25) is 0 Å². The molecule has 261 valence electrons. The van der Waals surface area contributed by atoms with Crippen molar-refractivity contribution in [1.82, 2.24) is 4.98 Å². The molecule has 1 radical (unpaired) electrons. The molecule has 1 aromatic heterocycles. The second-order valence-electron chi connectivity index (χ2n) is 12.2. The number of fused-ring (bicyclic) bond motifs is 4. The minimum atomic E-state index is -4.82. The summed E-state index contributed by atoms with van der Waals surface area (Å²) in [6.45, 7) is 13.4. The van der Waals surface area contributed by atoms with Gasteiger partial charge in [0.2, 0.25) is 16.7 Å². The average molecular weight is 737 g/mol. The van der Waals surface area contributed by atoms with Crippen molar-refractivity contribution >= 4 is 105 Å². The Morgan fingerprint density at radius 2 is 1.47 bits per heavy atom. The Labute approximate surface area is 320 Å². The van der Waals surface area contributed by atoms with Crippen LogP contribution in [0.1, 0.15) is 37.5 Å². The van der Waals surface area contributed by atoms with Crippen LogP contribution in [0.5, 0.6) is 0 Å². The molecule has 0 aliphatic rings. The Hall–Kier alpha value is -3.82. The summed E-state index contributed by atoms with van der Waals surface area (Å²) in [6, 6.07) is 21.4. The van der Waals surface area contributed by atoms with Gasteiger partial charge >= 0.3 is 0 Å². The van der Waals surface area contributed by atoms with Gasteiger partial charge in [0.1, 0.15) is 26.0 Å². The normalized spacial score (nSPS) is 11.9. The fourth-order valence-corrected chi connectivity index (χ4v) is 8.12. The van der Waals surface area contributed by atoms with E-state index in [2.05, 4.69) is 29.4 Å². The van der Waals surface area contributed by atoms with Gasteiger partial charge in [-0.3, -0.25) is 4.55 Å². The standard InChI is InChI=1S/C37H39N5O6S2.Na/c1-7-38-29-21-35(50(46,47)48)31(18-23(29)5)39-30-20-33-36(27-13-11-10-12-26(27)30)40-28-16-15-25(41(8-2)9-3)19-32(28)42(33)37-22(4)14-17-34(24(37)6)49(43,44)45;/h10-21H,7-9H2,1-6H3,(H3,38,40,43,44,45,46,47,48);. The predicted octanol–water partition coefficient (Wildman–Crippen LogP) is 6.53. The van der Waals surface area contributed by atoms with E-state index in [4.69, 9.17) is 4.98 Å². The minimum absolute atomic E-state index is 0. The molecule has 0 unspecified atom stereocenters. The predicted molar refractivity (Wildman–Crippen MR) is 203 cm³/mol. The van der Waals surface area contributed by atoms with Crippen molar-refractivity contribution in [2.75, 3.05) is 35.2 Å². The van der Waals surface area contributed by atoms with E-state index >= 15 is 0 Å². The summed E-state index contributed by atoms with van der Waals surface area (Å²) in [5.41, 5.74) is 7.02. The zero-order chi connectivity index (χ0) is 36.1. The number of hydrogen-bond acceptors (Lipinski definition) is 9. The Morgan fingerprint density at radius 1 is 0.784 bits per heavy atom. The molecule has 0 fully saturated rings. The summed E-state index contributed by atoms with van der Waals surface area (Å²) in [4.78, 5) is 6.71. The van der Waals surface area contributed by atoms with Crippen molar-refractivity contribution in [3.8, 4) is 5.69 Å². The minimum Gasteiger partial charge on any atom is -0.744 e. The molecule has 1 heterocycles. The number of benzene rings is 5. The van der Waals surface area contributed by atoms with Crippen molar-refractivity contribution in [2.45, 2.75) is 51.3 Å². The van der Waals surface area contributed by atoms with Crippen molar-refractivity contribution in [3.05, 3.63) is 89.5 Å². The Balaban J connectivity index is 0.00000504. The van der Waals surface area contributed by atoms with Gasteiger partial charge in [0.05, 0.1) is 16.3 Å². The van der Waals surface area contributed by atoms with E-state index in [1.807, 2.05) is 73.9 Å². The SMILES string of the molecule is CCNc1cc(S(=O)(=O)O)c(Nc2cc3c(nc4ccc(N(CC)CC)cc4[n+]3-c3c(C)ccc(S(=O)(=O)[O-])c3C)c3ccccc23)cc1C.[Na]. The van der Waals surface area contributed by atoms with Crippen LogP contribution in [-0.2, 0) is 20.2 Å². The van der Waals surface area contributed by atoms with E-state index in [1.54, 1.807) is 19.1 Å². The summed E-state index contributed by atoms with van der Waals surface area (Å²) in [5.74, 6) is 0. The van der Waals surface area contributed by atoms with Crippen LogP contribution in [0.4, 0.5) is 22.7 Å². The molecule has 11 nitrogen and oxygen atoms in total. The first-order valence-electron chi connectivity index (χ1n) is 16.3. The molecular weight excluding hydrogens is 698 g/mol. The molecule has 0 saturated carbocycles. The van der Waals surface area contributed by atoms with Gasteiger partial charge in [-0.1, -0.05) is 30.3 Å². The summed E-state index contributed by atoms with van der Waals surface area (Å²) >= 11 is 0. The zero-order valence-corrected chi connectivity index (χ0v) is 33.3. The molecule has 3 N–H and O–H groups in total. The average Bonchev–Trinajstić information content (AvgIpc) is 3.05. The summed E-state index contributed by atoms with van der Waals surface area (Å²) in [7, 11) is -9.46. The zero-order valence-electron chi connectivity index (χ0n) is 29.7. The quantitative estimate of drug-likeness (QED) is 0.0465. The van der Waals surface area contributed by atoms with Crippen molar-refractivity contribution in [1.29, 1.82) is 0 Å². The van der Waals surface area contributed by atoms with E-state index in [0.29, 0.717) is 45.7 Å². The monoisotopic (exact) mass is 736 g/mol. The molecule has 0 amide bonds. The number of rotatable bonds is 10. The first kappa shape index (κ1) is 38.4. The second kappa shape index (κ2) is 14.7. The maximum Gasteiger partial charge on any atom is 0.296 e. The fraction of sp³-hybridized carbons (Fsp3) is 0.243. The third-order valence-corrected chi connectivity index (χ3v) is 11.0. The van der Waals surface area contributed by atoms with Gasteiger partial charge < -0.3 is 20.1 Å². The molecule has 51 heavy (non-hydrogen) atoms. The second-order valence-corrected chi connectivity index (χ2v) is 15.0. The van der Waals surface area contributed by atoms with Crippen molar-refractivity contribution < 1.29 is 30.5 Å². The largest absolute Gasteiger partial charge is 0.744 e. The number of aromatic nitrogens is 2. The third kappa shape index (κ3) is 7.16. The van der Waals surface area contributed by atoms with Crippen LogP contribution in [0, 0.1) is 20.8 Å². The molecule has 0 saturated heterocycles. The topological polar surface area (TPSA) is 156 Å².